The van der Waals surface area contributed by atoms with E-state index in [-0.39, 0.29) is 11.8 Å². The molecule has 0 atom stereocenters. The van der Waals surface area contributed by atoms with Crippen molar-refractivity contribution in [3.63, 3.8) is 0 Å². The van der Waals surface area contributed by atoms with Crippen LogP contribution in [0.3, 0.4) is 0 Å². The van der Waals surface area contributed by atoms with Crippen LogP contribution in [-0.4, -0.2) is 50.1 Å². The molecule has 2 N–H and O–H groups in total. The van der Waals surface area contributed by atoms with Gasteiger partial charge in [-0.15, -0.1) is 0 Å². The van der Waals surface area contributed by atoms with Gasteiger partial charge in [-0.05, 0) is 37.0 Å². The molecule has 2 rings (SSSR count). The van der Waals surface area contributed by atoms with Gasteiger partial charge in [0.25, 0.3) is 0 Å². The Labute approximate surface area is 130 Å². The monoisotopic (exact) mass is 295 g/mol. The summed E-state index contributed by atoms with van der Waals surface area (Å²) in [5, 5.41) is 6.51. The van der Waals surface area contributed by atoms with Crippen molar-refractivity contribution in [1.82, 2.24) is 15.5 Å². The number of hydrogen-bond acceptors (Lipinski definition) is 3. The molecule has 4 nitrogen and oxygen atoms in total. The number of hydrogen-bond donors (Lipinski definition) is 2. The SMILES string of the molecule is CC(C)(C)C1CCC(C(=O)NCCN2CCNCC2)CC1. The van der Waals surface area contributed by atoms with Gasteiger partial charge in [-0.1, -0.05) is 20.8 Å². The molecule has 0 aromatic rings. The summed E-state index contributed by atoms with van der Waals surface area (Å²) in [6.45, 7) is 13.1. The first kappa shape index (κ1) is 16.8. The minimum absolute atomic E-state index is 0.256. The van der Waals surface area contributed by atoms with E-state index in [0.29, 0.717) is 5.41 Å². The molecule has 0 spiro atoms. The number of carbonyl (C=O) groups excluding carboxylic acids is 1. The van der Waals surface area contributed by atoms with Crippen LogP contribution in [-0.2, 0) is 4.79 Å². The summed E-state index contributed by atoms with van der Waals surface area (Å²) in [4.78, 5) is 14.7. The summed E-state index contributed by atoms with van der Waals surface area (Å²) in [5.74, 6) is 1.33. The largest absolute Gasteiger partial charge is 0.355 e. The molecular formula is C17H33N3O. The van der Waals surface area contributed by atoms with Gasteiger partial charge in [-0.3, -0.25) is 9.69 Å². The van der Waals surface area contributed by atoms with Gasteiger partial charge >= 0.3 is 0 Å². The summed E-state index contributed by atoms with van der Waals surface area (Å²) in [6.07, 6.45) is 4.56. The second kappa shape index (κ2) is 7.59. The maximum Gasteiger partial charge on any atom is 0.223 e. The molecule has 1 aliphatic carbocycles. The van der Waals surface area contributed by atoms with Crippen molar-refractivity contribution in [3.05, 3.63) is 0 Å². The van der Waals surface area contributed by atoms with Crippen LogP contribution in [0, 0.1) is 17.3 Å². The topological polar surface area (TPSA) is 44.4 Å². The Morgan fingerprint density at radius 3 is 2.33 bits per heavy atom. The van der Waals surface area contributed by atoms with Crippen molar-refractivity contribution < 1.29 is 4.79 Å². The molecule has 1 amide bonds. The van der Waals surface area contributed by atoms with E-state index in [0.717, 1.165) is 58.0 Å². The molecule has 0 aromatic heterocycles. The standard InChI is InChI=1S/C17H33N3O/c1-17(2,3)15-6-4-14(5-7-15)16(21)19-10-13-20-11-8-18-9-12-20/h14-15,18H,4-13H2,1-3H3,(H,19,21). The molecule has 1 saturated heterocycles. The van der Waals surface area contributed by atoms with E-state index in [2.05, 4.69) is 36.3 Å². The van der Waals surface area contributed by atoms with Crippen LogP contribution in [0.1, 0.15) is 46.5 Å². The van der Waals surface area contributed by atoms with Gasteiger partial charge in [0.15, 0.2) is 0 Å². The highest BCUT2D eigenvalue weighted by atomic mass is 16.1. The molecule has 0 bridgehead atoms. The van der Waals surface area contributed by atoms with E-state index in [4.69, 9.17) is 0 Å². The zero-order valence-corrected chi connectivity index (χ0v) is 14.1. The van der Waals surface area contributed by atoms with Crippen LogP contribution in [0.15, 0.2) is 0 Å². The Morgan fingerprint density at radius 2 is 1.76 bits per heavy atom. The average molecular weight is 295 g/mol. The first-order chi connectivity index (χ1) is 9.97. The summed E-state index contributed by atoms with van der Waals surface area (Å²) < 4.78 is 0. The van der Waals surface area contributed by atoms with Crippen molar-refractivity contribution in [2.75, 3.05) is 39.3 Å². The Kier molecular flexibility index (Phi) is 6.06. The Morgan fingerprint density at radius 1 is 1.14 bits per heavy atom. The predicted molar refractivity (Wildman–Crippen MR) is 87.2 cm³/mol. The normalized spacial score (nSPS) is 28.3. The first-order valence-electron chi connectivity index (χ1n) is 8.67. The van der Waals surface area contributed by atoms with Crippen molar-refractivity contribution in [2.24, 2.45) is 17.3 Å². The molecule has 1 saturated carbocycles. The third-order valence-corrected chi connectivity index (χ3v) is 5.26. The van der Waals surface area contributed by atoms with Gasteiger partial charge in [0, 0.05) is 45.2 Å². The van der Waals surface area contributed by atoms with Crippen molar-refractivity contribution in [3.8, 4) is 0 Å². The van der Waals surface area contributed by atoms with Crippen LogP contribution in [0.2, 0.25) is 0 Å². The van der Waals surface area contributed by atoms with Crippen LogP contribution >= 0.6 is 0 Å². The third-order valence-electron chi connectivity index (χ3n) is 5.26. The lowest BCUT2D eigenvalue weighted by Gasteiger charge is -2.36. The fraction of sp³-hybridized carbons (Fsp3) is 0.941. The molecule has 1 aliphatic heterocycles. The maximum absolute atomic E-state index is 12.3. The van der Waals surface area contributed by atoms with Crippen LogP contribution < -0.4 is 10.6 Å². The molecule has 2 aliphatic rings. The van der Waals surface area contributed by atoms with Gasteiger partial charge in [0.05, 0.1) is 0 Å². The summed E-state index contributed by atoms with van der Waals surface area (Å²) in [6, 6.07) is 0. The Hall–Kier alpha value is -0.610. The van der Waals surface area contributed by atoms with E-state index < -0.39 is 0 Å². The summed E-state index contributed by atoms with van der Waals surface area (Å²) in [5.41, 5.74) is 0.393. The van der Waals surface area contributed by atoms with Gasteiger partial charge < -0.3 is 10.6 Å². The lowest BCUT2D eigenvalue weighted by atomic mass is 9.70. The second-order valence-electron chi connectivity index (χ2n) is 7.80. The fourth-order valence-corrected chi connectivity index (χ4v) is 3.64. The molecule has 0 radical (unpaired) electrons. The van der Waals surface area contributed by atoms with Gasteiger partial charge in [0.1, 0.15) is 0 Å². The predicted octanol–water partition coefficient (Wildman–Crippen LogP) is 1.86. The fourth-order valence-electron chi connectivity index (χ4n) is 3.64. The summed E-state index contributed by atoms with van der Waals surface area (Å²) in [7, 11) is 0. The van der Waals surface area contributed by atoms with Gasteiger partial charge in [-0.2, -0.15) is 0 Å². The molecule has 0 unspecified atom stereocenters. The van der Waals surface area contributed by atoms with Crippen LogP contribution in [0.25, 0.3) is 0 Å². The molecule has 1 heterocycles. The van der Waals surface area contributed by atoms with E-state index >= 15 is 0 Å². The van der Waals surface area contributed by atoms with E-state index in [1.165, 1.54) is 12.8 Å². The smallest absolute Gasteiger partial charge is 0.223 e. The van der Waals surface area contributed by atoms with E-state index in [1.807, 2.05) is 0 Å². The van der Waals surface area contributed by atoms with Crippen molar-refractivity contribution in [2.45, 2.75) is 46.5 Å². The molecular weight excluding hydrogens is 262 g/mol. The number of nitrogens with zero attached hydrogens (tertiary/aromatic N) is 1. The van der Waals surface area contributed by atoms with Crippen molar-refractivity contribution >= 4 is 5.91 Å². The maximum atomic E-state index is 12.3. The molecule has 4 heteroatoms. The highest BCUT2D eigenvalue weighted by molar-refractivity contribution is 5.78. The Balaban J connectivity index is 1.63. The van der Waals surface area contributed by atoms with Crippen LogP contribution in [0.5, 0.6) is 0 Å². The highest BCUT2D eigenvalue weighted by Crippen LogP contribution is 2.39. The van der Waals surface area contributed by atoms with Crippen molar-refractivity contribution in [1.29, 1.82) is 0 Å². The highest BCUT2D eigenvalue weighted by Gasteiger charge is 2.32. The zero-order valence-electron chi connectivity index (χ0n) is 14.1. The number of rotatable bonds is 4. The minimum Gasteiger partial charge on any atom is -0.355 e. The number of piperazine rings is 1. The third kappa shape index (κ3) is 5.26. The van der Waals surface area contributed by atoms with E-state index in [1.54, 1.807) is 0 Å². The first-order valence-corrected chi connectivity index (χ1v) is 8.67. The average Bonchev–Trinajstić information content (AvgIpc) is 2.47. The van der Waals surface area contributed by atoms with E-state index in [9.17, 15) is 4.79 Å². The zero-order chi connectivity index (χ0) is 15.3. The molecule has 0 aromatic carbocycles. The van der Waals surface area contributed by atoms with Gasteiger partial charge in [0.2, 0.25) is 5.91 Å². The lowest BCUT2D eigenvalue weighted by molar-refractivity contribution is -0.126. The molecule has 122 valence electrons. The lowest BCUT2D eigenvalue weighted by Crippen LogP contribution is -2.46. The number of nitrogens with one attached hydrogen (secondary N) is 2. The number of carbonyl (C=O) groups is 1. The second-order valence-corrected chi connectivity index (χ2v) is 7.80. The summed E-state index contributed by atoms with van der Waals surface area (Å²) >= 11 is 0. The molecule has 21 heavy (non-hydrogen) atoms. The van der Waals surface area contributed by atoms with Crippen LogP contribution in [0.4, 0.5) is 0 Å². The quantitative estimate of drug-likeness (QED) is 0.832. The molecule has 2 fully saturated rings. The minimum atomic E-state index is 0.256. The Bertz CT molecular complexity index is 323. The van der Waals surface area contributed by atoms with Gasteiger partial charge in [-0.25, -0.2) is 0 Å². The number of amides is 1.